The Labute approximate surface area is 214 Å². The quantitative estimate of drug-likeness (QED) is 0.331. The Bertz CT molecular complexity index is 1270. The average molecular weight is 531 g/mol. The van der Waals surface area contributed by atoms with Crippen LogP contribution in [0.15, 0.2) is 47.8 Å². The minimum absolute atomic E-state index is 0.102. The zero-order valence-electron chi connectivity index (χ0n) is 19.9. The van der Waals surface area contributed by atoms with Crippen molar-refractivity contribution in [1.82, 2.24) is 4.90 Å². The summed E-state index contributed by atoms with van der Waals surface area (Å²) in [4.78, 5) is 37.3. The number of nitrogens with zero attached hydrogens (tertiary/aromatic N) is 3. The lowest BCUT2D eigenvalue weighted by molar-refractivity contribution is -0.221. The van der Waals surface area contributed by atoms with Crippen LogP contribution in [0.3, 0.4) is 0 Å². The molecule has 1 atom stereocenters. The van der Waals surface area contributed by atoms with E-state index in [9.17, 15) is 14.3 Å². The number of benzene rings is 2. The summed E-state index contributed by atoms with van der Waals surface area (Å²) in [6.45, 7) is 5.61. The fourth-order valence-electron chi connectivity index (χ4n) is 4.80. The molecule has 36 heavy (non-hydrogen) atoms. The topological polar surface area (TPSA) is 106 Å². The van der Waals surface area contributed by atoms with Gasteiger partial charge in [0.25, 0.3) is 13.7 Å². The molecule has 2 aliphatic rings. The van der Waals surface area contributed by atoms with E-state index in [4.69, 9.17) is 9.63 Å². The predicted octanol–water partition coefficient (Wildman–Crippen LogP) is 3.55. The van der Waals surface area contributed by atoms with Gasteiger partial charge in [0, 0.05) is 54.4 Å². The highest BCUT2D eigenvalue weighted by molar-refractivity contribution is 7.44. The summed E-state index contributed by atoms with van der Waals surface area (Å²) >= 11 is 1.78. The number of hydrogen-bond donors (Lipinski definition) is 1. The van der Waals surface area contributed by atoms with E-state index >= 15 is 0 Å². The van der Waals surface area contributed by atoms with Gasteiger partial charge in [0.15, 0.2) is 0 Å². The van der Waals surface area contributed by atoms with Gasteiger partial charge in [-0.25, -0.2) is 0 Å². The first-order chi connectivity index (χ1) is 17.4. The summed E-state index contributed by atoms with van der Waals surface area (Å²) in [5.74, 6) is -0.0104. The van der Waals surface area contributed by atoms with Crippen molar-refractivity contribution in [3.8, 4) is 5.75 Å². The van der Waals surface area contributed by atoms with Gasteiger partial charge in [0.1, 0.15) is 5.75 Å². The largest absolute Gasteiger partial charge is 0.755 e. The zero-order valence-corrected chi connectivity index (χ0v) is 21.6. The second kappa shape index (κ2) is 10.9. The smallest absolute Gasteiger partial charge is 0.288 e. The van der Waals surface area contributed by atoms with Gasteiger partial charge in [-0.15, -0.1) is 11.3 Å². The normalized spacial score (nSPS) is 18.3. The number of carbonyl (C=O) groups excluding carboxylic acids is 1. The monoisotopic (exact) mass is 530 g/mol. The van der Waals surface area contributed by atoms with Crippen LogP contribution in [-0.2, 0) is 20.4 Å². The number of aryl methyl sites for hydroxylation is 1. The van der Waals surface area contributed by atoms with Gasteiger partial charge in [-0.1, -0.05) is 12.1 Å². The Hall–Kier alpha value is -2.46. The second-order valence-corrected chi connectivity index (χ2v) is 11.1. The number of carbonyl (C=O) groups is 1. The molecular weight excluding hydrogens is 501 g/mol. The molecule has 192 valence electrons. The summed E-state index contributed by atoms with van der Waals surface area (Å²) in [6, 6.07) is 13.9. The van der Waals surface area contributed by atoms with Gasteiger partial charge in [-0.3, -0.25) is 14.3 Å². The number of ether oxygens (including phenoxy) is 1. The minimum atomic E-state index is -5.11. The molecule has 1 amide bonds. The number of amides is 1. The fraction of sp³-hybridized carbons (Fsp3) is 0.400. The third kappa shape index (κ3) is 5.91. The average Bonchev–Trinajstić information content (AvgIpc) is 3.35. The highest BCUT2D eigenvalue weighted by Gasteiger charge is 2.28. The van der Waals surface area contributed by atoms with Crippen molar-refractivity contribution in [1.29, 1.82) is 0 Å². The molecule has 1 N–H and O–H groups in total. The summed E-state index contributed by atoms with van der Waals surface area (Å²) in [5, 5.41) is 4.13. The third-order valence-electron chi connectivity index (χ3n) is 6.62. The van der Waals surface area contributed by atoms with E-state index < -0.39 is 13.7 Å². The summed E-state index contributed by atoms with van der Waals surface area (Å²) < 4.78 is 22.9. The van der Waals surface area contributed by atoms with E-state index in [1.807, 2.05) is 0 Å². The Morgan fingerprint density at radius 3 is 2.67 bits per heavy atom. The van der Waals surface area contributed by atoms with Gasteiger partial charge in [0.2, 0.25) is 0 Å². The molecule has 1 saturated heterocycles. The number of anilines is 2. The maximum atomic E-state index is 12.1. The van der Waals surface area contributed by atoms with Gasteiger partial charge in [0.05, 0.1) is 12.3 Å². The van der Waals surface area contributed by atoms with Crippen LogP contribution in [-0.4, -0.2) is 55.0 Å². The number of hydrogen-bond acceptors (Lipinski definition) is 8. The lowest BCUT2D eigenvalue weighted by atomic mass is 10.0. The van der Waals surface area contributed by atoms with Gasteiger partial charge < -0.3 is 19.4 Å². The minimum Gasteiger partial charge on any atom is -0.755 e. The molecule has 0 bridgehead atoms. The summed E-state index contributed by atoms with van der Waals surface area (Å²) in [6.07, 6.45) is 2.45. The molecule has 1 unspecified atom stereocenters. The Morgan fingerprint density at radius 2 is 1.86 bits per heavy atom. The van der Waals surface area contributed by atoms with E-state index in [0.29, 0.717) is 23.8 Å². The van der Waals surface area contributed by atoms with E-state index in [0.717, 1.165) is 51.1 Å². The van der Waals surface area contributed by atoms with Crippen LogP contribution in [0.25, 0.3) is 10.1 Å². The molecule has 0 spiro atoms. The van der Waals surface area contributed by atoms with Crippen molar-refractivity contribution in [2.75, 3.05) is 49.3 Å². The molecule has 1 aromatic heterocycles. The van der Waals surface area contributed by atoms with Crippen LogP contribution in [0.2, 0.25) is 0 Å². The third-order valence-corrected chi connectivity index (χ3v) is 7.87. The van der Waals surface area contributed by atoms with Crippen molar-refractivity contribution < 1.29 is 28.5 Å². The number of phosphoric acid groups is 1. The summed E-state index contributed by atoms with van der Waals surface area (Å²) in [7, 11) is -5.11. The molecule has 0 radical (unpaired) electrons. The number of thiophene rings is 1. The molecule has 0 aliphatic carbocycles. The highest BCUT2D eigenvalue weighted by atomic mass is 32.1. The van der Waals surface area contributed by atoms with Gasteiger partial charge in [-0.2, -0.15) is 9.69 Å². The van der Waals surface area contributed by atoms with Crippen LogP contribution >= 0.6 is 19.2 Å². The van der Waals surface area contributed by atoms with Crippen LogP contribution < -0.4 is 19.6 Å². The van der Waals surface area contributed by atoms with Crippen molar-refractivity contribution in [2.24, 2.45) is 0 Å². The van der Waals surface area contributed by atoms with Crippen LogP contribution in [0, 0.1) is 0 Å². The molecule has 0 saturated carbocycles. The van der Waals surface area contributed by atoms with E-state index in [1.54, 1.807) is 29.5 Å². The fourth-order valence-corrected chi connectivity index (χ4v) is 5.99. The second-order valence-electron chi connectivity index (χ2n) is 9.02. The van der Waals surface area contributed by atoms with Crippen molar-refractivity contribution in [2.45, 2.75) is 25.7 Å². The van der Waals surface area contributed by atoms with E-state index in [2.05, 4.69) is 44.1 Å². The molecule has 3 heterocycles. The lowest BCUT2D eigenvalue weighted by Gasteiger charge is -2.36. The molecule has 2 aliphatic heterocycles. The Kier molecular flexibility index (Phi) is 7.62. The van der Waals surface area contributed by atoms with Crippen LogP contribution in [0.4, 0.5) is 11.4 Å². The molecule has 11 heteroatoms. The molecule has 1 fully saturated rings. The SMILES string of the molecule is O=C1CCc2ccc(OCCCCN3CCN(c4cccc5sccc45)CC3)cc2N1OP(=O)([O-])O. The van der Waals surface area contributed by atoms with Gasteiger partial charge in [-0.05, 0) is 61.0 Å². The standard InChI is InChI=1S/C25H30N3O6PS/c29-25-9-7-19-6-8-20(18-23(19)28(25)34-35(30,31)32)33-16-2-1-11-26-12-14-27(15-13-26)22-4-3-5-24-21(22)10-17-36-24/h3-6,8,10,17-18H,1-2,7,9,11-16H2,(H2,30,31,32)/p-1. The predicted molar refractivity (Wildman–Crippen MR) is 138 cm³/mol. The van der Waals surface area contributed by atoms with Crippen molar-refractivity contribution >= 4 is 46.5 Å². The molecule has 9 nitrogen and oxygen atoms in total. The maximum absolute atomic E-state index is 12.1. The van der Waals surface area contributed by atoms with Crippen LogP contribution in [0.1, 0.15) is 24.8 Å². The lowest BCUT2D eigenvalue weighted by Crippen LogP contribution is -2.46. The van der Waals surface area contributed by atoms with Gasteiger partial charge >= 0.3 is 0 Å². The maximum Gasteiger partial charge on any atom is 0.288 e. The van der Waals surface area contributed by atoms with E-state index in [-0.39, 0.29) is 12.1 Å². The number of hydroxylamine groups is 1. The van der Waals surface area contributed by atoms with E-state index in [1.165, 1.54) is 15.8 Å². The first-order valence-corrected chi connectivity index (χ1v) is 14.5. The highest BCUT2D eigenvalue weighted by Crippen LogP contribution is 2.39. The van der Waals surface area contributed by atoms with Crippen molar-refractivity contribution in [3.05, 3.63) is 53.4 Å². The molecule has 5 rings (SSSR count). The molecule has 2 aromatic carbocycles. The Morgan fingerprint density at radius 1 is 1.03 bits per heavy atom. The number of fused-ring (bicyclic) bond motifs is 2. The Balaban J connectivity index is 1.07. The zero-order chi connectivity index (χ0) is 25.1. The summed E-state index contributed by atoms with van der Waals surface area (Å²) in [5.41, 5.74) is 2.37. The van der Waals surface area contributed by atoms with Crippen molar-refractivity contribution in [3.63, 3.8) is 0 Å². The number of piperazine rings is 1. The number of unbranched alkanes of at least 4 members (excludes halogenated alkanes) is 1. The first kappa shape index (κ1) is 25.2. The molecular formula is C25H29N3O6PS-. The number of rotatable bonds is 9. The first-order valence-electron chi connectivity index (χ1n) is 12.1. The van der Waals surface area contributed by atoms with Crippen LogP contribution in [0.5, 0.6) is 5.75 Å². The molecule has 3 aromatic rings.